The summed E-state index contributed by atoms with van der Waals surface area (Å²) in [5.74, 6) is 0.627. The van der Waals surface area contributed by atoms with Crippen LogP contribution in [0.25, 0.3) is 0 Å². The third-order valence-corrected chi connectivity index (χ3v) is 3.79. The van der Waals surface area contributed by atoms with E-state index >= 15 is 0 Å². The van der Waals surface area contributed by atoms with Gasteiger partial charge >= 0.3 is 6.36 Å². The zero-order chi connectivity index (χ0) is 20.7. The van der Waals surface area contributed by atoms with Gasteiger partial charge in [0.15, 0.2) is 18.0 Å². The van der Waals surface area contributed by atoms with Gasteiger partial charge in [0.05, 0.1) is 21.3 Å². The van der Waals surface area contributed by atoms with Crippen LogP contribution in [0.4, 0.5) is 18.9 Å². The number of halogens is 3. The van der Waals surface area contributed by atoms with E-state index in [0.717, 1.165) is 22.6 Å². The Bertz CT molecular complexity index is 795. The summed E-state index contributed by atoms with van der Waals surface area (Å²) in [6.07, 6.45) is -4.75. The molecule has 0 aliphatic heterocycles. The highest BCUT2D eigenvalue weighted by Gasteiger charge is 2.31. The van der Waals surface area contributed by atoms with Gasteiger partial charge in [-0.25, -0.2) is 0 Å². The van der Waals surface area contributed by atoms with Gasteiger partial charge < -0.3 is 24.4 Å². The van der Waals surface area contributed by atoms with Crippen LogP contribution in [0.15, 0.2) is 42.5 Å². The molecule has 1 amide bonds. The average Bonchev–Trinajstić information content (AvgIpc) is 2.61. The lowest BCUT2D eigenvalue weighted by Gasteiger charge is -2.15. The van der Waals surface area contributed by atoms with E-state index in [1.165, 1.54) is 12.1 Å². The van der Waals surface area contributed by atoms with Gasteiger partial charge in [0.25, 0.3) is 5.91 Å². The van der Waals surface area contributed by atoms with E-state index in [1.807, 2.05) is 19.2 Å². The van der Waals surface area contributed by atoms with Crippen molar-refractivity contribution in [3.63, 3.8) is 0 Å². The molecule has 0 aromatic heterocycles. The smallest absolute Gasteiger partial charge is 0.493 e. The van der Waals surface area contributed by atoms with Crippen molar-refractivity contribution in [1.29, 1.82) is 0 Å². The van der Waals surface area contributed by atoms with Crippen molar-refractivity contribution in [2.24, 2.45) is 0 Å². The molecule has 0 aliphatic carbocycles. The SMILES string of the molecule is COc1ccc(C[NH+](C)CC(=O)Nc2ccc(OC(F)(F)F)cc2)cc1OC. The summed E-state index contributed by atoms with van der Waals surface area (Å²) in [5.41, 5.74) is 1.36. The molecule has 0 saturated carbocycles. The average molecular weight is 399 g/mol. The number of methoxy groups -OCH3 is 2. The predicted octanol–water partition coefficient (Wildman–Crippen LogP) is 2.26. The number of carbonyl (C=O) groups is 1. The van der Waals surface area contributed by atoms with E-state index in [-0.39, 0.29) is 18.2 Å². The van der Waals surface area contributed by atoms with E-state index in [1.54, 1.807) is 20.3 Å². The summed E-state index contributed by atoms with van der Waals surface area (Å²) in [6.45, 7) is 0.751. The predicted molar refractivity (Wildman–Crippen MR) is 96.8 cm³/mol. The van der Waals surface area contributed by atoms with Gasteiger partial charge in [-0.2, -0.15) is 0 Å². The Balaban J connectivity index is 1.88. The summed E-state index contributed by atoms with van der Waals surface area (Å²) in [6, 6.07) is 10.5. The second-order valence-electron chi connectivity index (χ2n) is 6.12. The molecule has 2 aromatic rings. The fourth-order valence-corrected chi connectivity index (χ4v) is 2.62. The molecule has 152 valence electrons. The largest absolute Gasteiger partial charge is 0.573 e. The Morgan fingerprint density at radius 3 is 2.25 bits per heavy atom. The van der Waals surface area contributed by atoms with Crippen LogP contribution in [0.1, 0.15) is 5.56 Å². The number of benzene rings is 2. The number of nitrogens with one attached hydrogen (secondary N) is 2. The fraction of sp³-hybridized carbons (Fsp3) is 0.316. The Kier molecular flexibility index (Phi) is 7.11. The molecule has 6 nitrogen and oxygen atoms in total. The number of amides is 1. The molecular weight excluding hydrogens is 377 g/mol. The maximum absolute atomic E-state index is 12.2. The minimum atomic E-state index is -4.75. The Labute approximate surface area is 160 Å². The molecule has 2 N–H and O–H groups in total. The van der Waals surface area contributed by atoms with Gasteiger partial charge in [-0.3, -0.25) is 4.79 Å². The lowest BCUT2D eigenvalue weighted by Crippen LogP contribution is -3.08. The molecule has 0 saturated heterocycles. The standard InChI is InChI=1S/C19H21F3N2O4/c1-24(11-13-4-9-16(26-2)17(10-13)27-3)12-18(25)23-14-5-7-15(8-6-14)28-19(20,21)22/h4-10H,11-12H2,1-3H3,(H,23,25)/p+1. The summed E-state index contributed by atoms with van der Waals surface area (Å²) in [4.78, 5) is 13.1. The van der Waals surface area contributed by atoms with Crippen molar-refractivity contribution in [2.45, 2.75) is 12.9 Å². The highest BCUT2D eigenvalue weighted by molar-refractivity contribution is 5.91. The van der Waals surface area contributed by atoms with Gasteiger partial charge in [-0.05, 0) is 42.5 Å². The first-order chi connectivity index (χ1) is 13.2. The summed E-state index contributed by atoms with van der Waals surface area (Å²) in [5, 5.41) is 2.65. The third-order valence-electron chi connectivity index (χ3n) is 3.79. The van der Waals surface area contributed by atoms with Crippen LogP contribution >= 0.6 is 0 Å². The first-order valence-electron chi connectivity index (χ1n) is 8.38. The monoisotopic (exact) mass is 399 g/mol. The number of hydrogen-bond acceptors (Lipinski definition) is 4. The Morgan fingerprint density at radius 2 is 1.68 bits per heavy atom. The summed E-state index contributed by atoms with van der Waals surface area (Å²) in [7, 11) is 4.97. The molecule has 28 heavy (non-hydrogen) atoms. The highest BCUT2D eigenvalue weighted by atomic mass is 19.4. The zero-order valence-electron chi connectivity index (χ0n) is 15.7. The zero-order valence-corrected chi connectivity index (χ0v) is 15.7. The van der Waals surface area contributed by atoms with Crippen LogP contribution in [0.2, 0.25) is 0 Å². The second kappa shape index (κ2) is 9.32. The molecule has 1 unspecified atom stereocenters. The molecule has 2 aromatic carbocycles. The van der Waals surface area contributed by atoms with Crippen LogP contribution in [0, 0.1) is 0 Å². The fourth-order valence-electron chi connectivity index (χ4n) is 2.62. The lowest BCUT2D eigenvalue weighted by molar-refractivity contribution is -0.885. The van der Waals surface area contributed by atoms with Crippen molar-refractivity contribution in [2.75, 3.05) is 33.1 Å². The molecule has 0 aliphatic rings. The molecule has 0 radical (unpaired) electrons. The molecular formula is C19H22F3N2O4+. The molecule has 0 heterocycles. The number of rotatable bonds is 8. The first kappa shape index (κ1) is 21.4. The maximum atomic E-state index is 12.2. The van der Waals surface area contributed by atoms with E-state index < -0.39 is 6.36 Å². The Hall–Kier alpha value is -2.94. The number of carbonyl (C=O) groups excluding carboxylic acids is 1. The number of likely N-dealkylation sites (N-methyl/N-ethyl adjacent to an activating group) is 1. The number of hydrogen-bond donors (Lipinski definition) is 2. The van der Waals surface area contributed by atoms with E-state index in [9.17, 15) is 18.0 Å². The second-order valence-corrected chi connectivity index (χ2v) is 6.12. The van der Waals surface area contributed by atoms with Crippen molar-refractivity contribution in [1.82, 2.24) is 0 Å². The molecule has 0 bridgehead atoms. The maximum Gasteiger partial charge on any atom is 0.573 e. The van der Waals surface area contributed by atoms with Crippen LogP contribution in [0.3, 0.4) is 0 Å². The number of alkyl halides is 3. The van der Waals surface area contributed by atoms with Crippen molar-refractivity contribution < 1.29 is 37.1 Å². The molecule has 1 atom stereocenters. The van der Waals surface area contributed by atoms with Gasteiger partial charge in [-0.15, -0.1) is 13.2 Å². The van der Waals surface area contributed by atoms with Gasteiger partial charge in [0.2, 0.25) is 0 Å². The first-order valence-corrected chi connectivity index (χ1v) is 8.38. The van der Waals surface area contributed by atoms with Crippen molar-refractivity contribution >= 4 is 11.6 Å². The van der Waals surface area contributed by atoms with Crippen LogP contribution < -0.4 is 24.4 Å². The van der Waals surface area contributed by atoms with Crippen molar-refractivity contribution in [3.8, 4) is 17.2 Å². The molecule has 0 fully saturated rings. The molecule has 2 rings (SSSR count). The van der Waals surface area contributed by atoms with Gasteiger partial charge in [0, 0.05) is 11.3 Å². The molecule has 9 heteroatoms. The number of ether oxygens (including phenoxy) is 3. The minimum absolute atomic E-state index is 0.176. The summed E-state index contributed by atoms with van der Waals surface area (Å²) < 4.78 is 50.7. The number of quaternary nitrogens is 1. The van der Waals surface area contributed by atoms with E-state index in [0.29, 0.717) is 23.7 Å². The van der Waals surface area contributed by atoms with Crippen LogP contribution in [0.5, 0.6) is 17.2 Å². The summed E-state index contributed by atoms with van der Waals surface area (Å²) >= 11 is 0. The minimum Gasteiger partial charge on any atom is -0.493 e. The highest BCUT2D eigenvalue weighted by Crippen LogP contribution is 2.27. The number of anilines is 1. The third kappa shape index (κ3) is 6.66. The van der Waals surface area contributed by atoms with Crippen LogP contribution in [-0.4, -0.2) is 40.1 Å². The molecule has 0 spiro atoms. The quantitative estimate of drug-likeness (QED) is 0.715. The van der Waals surface area contributed by atoms with Gasteiger partial charge in [-0.1, -0.05) is 0 Å². The van der Waals surface area contributed by atoms with Crippen LogP contribution in [-0.2, 0) is 11.3 Å². The van der Waals surface area contributed by atoms with E-state index in [2.05, 4.69) is 10.1 Å². The lowest BCUT2D eigenvalue weighted by atomic mass is 10.2. The van der Waals surface area contributed by atoms with Gasteiger partial charge in [0.1, 0.15) is 12.3 Å². The van der Waals surface area contributed by atoms with E-state index in [4.69, 9.17) is 9.47 Å². The van der Waals surface area contributed by atoms with Crippen molar-refractivity contribution in [3.05, 3.63) is 48.0 Å². The Morgan fingerprint density at radius 1 is 1.04 bits per heavy atom. The normalized spacial score (nSPS) is 12.2. The topological polar surface area (TPSA) is 61.2 Å².